The molecule has 0 unspecified atom stereocenters. The minimum atomic E-state index is -0.481. The summed E-state index contributed by atoms with van der Waals surface area (Å²) in [5.41, 5.74) is 2.17. The van der Waals surface area contributed by atoms with Crippen molar-refractivity contribution in [3.8, 4) is 22.9 Å². The van der Waals surface area contributed by atoms with Crippen LogP contribution in [0.5, 0.6) is 17.2 Å². The molecular weight excluding hydrogens is 484 g/mol. The van der Waals surface area contributed by atoms with Crippen LogP contribution in [0.25, 0.3) is 16.6 Å². The van der Waals surface area contributed by atoms with Gasteiger partial charge in [-0.2, -0.15) is 0 Å². The Hall–Kier alpha value is -4.89. The molecule has 5 rings (SSSR count). The number of nitrogens with one attached hydrogen (secondary N) is 1. The van der Waals surface area contributed by atoms with Crippen LogP contribution < -0.4 is 20.3 Å². The summed E-state index contributed by atoms with van der Waals surface area (Å²) >= 11 is 0. The van der Waals surface area contributed by atoms with Crippen molar-refractivity contribution >= 4 is 22.5 Å². The number of rotatable bonds is 8. The normalized spacial score (nSPS) is 10.9. The number of carbonyl (C=O) groups excluding carboxylic acids is 1. The summed E-state index contributed by atoms with van der Waals surface area (Å²) in [7, 11) is 1.75. The number of carbonyl (C=O) groups is 1. The van der Waals surface area contributed by atoms with Gasteiger partial charge in [-0.1, -0.05) is 18.2 Å². The molecule has 2 aromatic heterocycles. The third-order valence-electron chi connectivity index (χ3n) is 6.16. The summed E-state index contributed by atoms with van der Waals surface area (Å²) in [5, 5.41) is 12.6. The van der Waals surface area contributed by atoms with E-state index in [1.807, 2.05) is 36.4 Å². The highest BCUT2D eigenvalue weighted by Gasteiger charge is 2.22. The van der Waals surface area contributed by atoms with Gasteiger partial charge in [0.15, 0.2) is 0 Å². The molecule has 0 bridgehead atoms. The van der Waals surface area contributed by atoms with Crippen molar-refractivity contribution in [1.29, 1.82) is 0 Å². The van der Waals surface area contributed by atoms with Gasteiger partial charge in [0, 0.05) is 30.4 Å². The highest BCUT2D eigenvalue weighted by Crippen LogP contribution is 2.31. The third-order valence-corrected chi connectivity index (χ3v) is 6.16. The Labute approximate surface area is 218 Å². The highest BCUT2D eigenvalue weighted by molar-refractivity contribution is 6.05. The molecule has 1 amide bonds. The number of hydrogen-bond donors (Lipinski definition) is 2. The molecule has 2 heterocycles. The minimum absolute atomic E-state index is 0.0677. The number of aromatic nitrogens is 3. The lowest BCUT2D eigenvalue weighted by Gasteiger charge is -2.11. The average molecular weight is 511 g/mol. The zero-order valence-electron chi connectivity index (χ0n) is 20.9. The maximum atomic E-state index is 13.1. The number of amides is 1. The molecule has 0 spiro atoms. The summed E-state index contributed by atoms with van der Waals surface area (Å²) < 4.78 is 14.7. The van der Waals surface area contributed by atoms with E-state index in [1.165, 1.54) is 4.68 Å². The Bertz CT molecular complexity index is 1660. The van der Waals surface area contributed by atoms with Gasteiger partial charge in [0.2, 0.25) is 0 Å². The van der Waals surface area contributed by atoms with E-state index in [-0.39, 0.29) is 24.3 Å². The molecular formula is C29H26N4O5. The standard InChI is InChI=1S/C29H26N4O5/c1-19-27(29(36)33(32(19)2)21-6-4-3-5-7-21)28(35)31-20-8-10-22(11-9-20)38-26-14-15-30-25-18-23(37-17-16-34)12-13-24(25)26/h3-15,18,34H,16-17H2,1-2H3,(H,31,35). The monoisotopic (exact) mass is 510 g/mol. The van der Waals surface area contributed by atoms with E-state index in [2.05, 4.69) is 10.3 Å². The summed E-state index contributed by atoms with van der Waals surface area (Å²) in [4.78, 5) is 30.6. The van der Waals surface area contributed by atoms with E-state index in [4.69, 9.17) is 14.6 Å². The molecule has 0 radical (unpaired) electrons. The quantitative estimate of drug-likeness (QED) is 0.319. The second-order valence-electron chi connectivity index (χ2n) is 8.58. The fraction of sp³-hybridized carbons (Fsp3) is 0.138. The fourth-order valence-electron chi connectivity index (χ4n) is 4.20. The Morgan fingerprint density at radius 3 is 2.47 bits per heavy atom. The number of fused-ring (bicyclic) bond motifs is 1. The van der Waals surface area contributed by atoms with Gasteiger partial charge in [-0.3, -0.25) is 19.3 Å². The summed E-state index contributed by atoms with van der Waals surface area (Å²) in [5.74, 6) is 1.31. The van der Waals surface area contributed by atoms with Gasteiger partial charge < -0.3 is 19.9 Å². The molecule has 0 aliphatic rings. The Morgan fingerprint density at radius 1 is 1.00 bits per heavy atom. The van der Waals surface area contributed by atoms with Crippen LogP contribution in [0, 0.1) is 6.92 Å². The smallest absolute Gasteiger partial charge is 0.284 e. The van der Waals surface area contributed by atoms with E-state index in [9.17, 15) is 9.59 Å². The highest BCUT2D eigenvalue weighted by atomic mass is 16.5. The number of pyridine rings is 1. The van der Waals surface area contributed by atoms with Crippen LogP contribution in [0.2, 0.25) is 0 Å². The van der Waals surface area contributed by atoms with Crippen molar-refractivity contribution in [2.24, 2.45) is 7.05 Å². The Kier molecular flexibility index (Phi) is 6.92. The van der Waals surface area contributed by atoms with Gasteiger partial charge in [0.05, 0.1) is 23.5 Å². The van der Waals surface area contributed by atoms with E-state index in [0.29, 0.717) is 39.8 Å². The van der Waals surface area contributed by atoms with E-state index >= 15 is 0 Å². The number of para-hydroxylation sites is 1. The van der Waals surface area contributed by atoms with Gasteiger partial charge in [-0.15, -0.1) is 0 Å². The van der Waals surface area contributed by atoms with Gasteiger partial charge in [-0.05, 0) is 61.5 Å². The van der Waals surface area contributed by atoms with Gasteiger partial charge in [-0.25, -0.2) is 4.68 Å². The van der Waals surface area contributed by atoms with Crippen molar-refractivity contribution in [3.63, 3.8) is 0 Å². The lowest BCUT2D eigenvalue weighted by Crippen LogP contribution is -2.25. The molecule has 0 fully saturated rings. The van der Waals surface area contributed by atoms with Crippen LogP contribution in [0.3, 0.4) is 0 Å². The second-order valence-corrected chi connectivity index (χ2v) is 8.58. The molecule has 9 heteroatoms. The fourth-order valence-corrected chi connectivity index (χ4v) is 4.20. The molecule has 0 saturated carbocycles. The number of aliphatic hydroxyl groups is 1. The number of aliphatic hydroxyl groups excluding tert-OH is 1. The van der Waals surface area contributed by atoms with E-state index < -0.39 is 5.91 Å². The lowest BCUT2D eigenvalue weighted by molar-refractivity contribution is 0.102. The van der Waals surface area contributed by atoms with Crippen LogP contribution in [-0.2, 0) is 7.05 Å². The first-order chi connectivity index (χ1) is 18.5. The molecule has 5 aromatic rings. The van der Waals surface area contributed by atoms with Crippen molar-refractivity contribution in [1.82, 2.24) is 14.3 Å². The molecule has 0 atom stereocenters. The number of ether oxygens (including phenoxy) is 2. The SMILES string of the molecule is Cc1c(C(=O)Nc2ccc(Oc3ccnc4cc(OCCO)ccc34)cc2)c(=O)n(-c2ccccc2)n1C. The number of anilines is 1. The lowest BCUT2D eigenvalue weighted by atomic mass is 10.2. The van der Waals surface area contributed by atoms with Crippen molar-refractivity contribution in [2.75, 3.05) is 18.5 Å². The van der Waals surface area contributed by atoms with Gasteiger partial charge in [0.1, 0.15) is 29.4 Å². The average Bonchev–Trinajstić information content (AvgIpc) is 3.16. The van der Waals surface area contributed by atoms with E-state index in [1.54, 1.807) is 67.3 Å². The van der Waals surface area contributed by atoms with Crippen LogP contribution in [0.4, 0.5) is 5.69 Å². The Morgan fingerprint density at radius 2 is 1.74 bits per heavy atom. The van der Waals surface area contributed by atoms with E-state index in [0.717, 1.165) is 5.39 Å². The zero-order valence-corrected chi connectivity index (χ0v) is 20.9. The largest absolute Gasteiger partial charge is 0.491 e. The molecule has 0 aliphatic heterocycles. The van der Waals surface area contributed by atoms with Crippen LogP contribution >= 0.6 is 0 Å². The maximum Gasteiger partial charge on any atom is 0.284 e. The number of nitrogens with zero attached hydrogens (tertiary/aromatic N) is 3. The number of benzene rings is 3. The first-order valence-corrected chi connectivity index (χ1v) is 12.0. The molecule has 0 aliphatic carbocycles. The third kappa shape index (κ3) is 4.87. The van der Waals surface area contributed by atoms with Crippen LogP contribution in [0.15, 0.2) is 89.9 Å². The molecule has 0 saturated heterocycles. The summed E-state index contributed by atoms with van der Waals surface area (Å²) in [6.45, 7) is 1.88. The predicted molar refractivity (Wildman–Crippen MR) is 145 cm³/mol. The molecule has 192 valence electrons. The van der Waals surface area contributed by atoms with Gasteiger partial charge >= 0.3 is 0 Å². The second kappa shape index (κ2) is 10.6. The number of hydrogen-bond acceptors (Lipinski definition) is 6. The van der Waals surface area contributed by atoms with Crippen LogP contribution in [-0.4, -0.2) is 38.6 Å². The molecule has 3 aromatic carbocycles. The predicted octanol–water partition coefficient (Wildman–Crippen LogP) is 4.45. The zero-order chi connectivity index (χ0) is 26.6. The maximum absolute atomic E-state index is 13.1. The van der Waals surface area contributed by atoms with Crippen molar-refractivity contribution < 1.29 is 19.4 Å². The van der Waals surface area contributed by atoms with Crippen LogP contribution in [0.1, 0.15) is 16.1 Å². The van der Waals surface area contributed by atoms with Crippen molar-refractivity contribution in [2.45, 2.75) is 6.92 Å². The summed E-state index contributed by atoms with van der Waals surface area (Å²) in [6, 6.07) is 23.3. The molecule has 38 heavy (non-hydrogen) atoms. The molecule has 2 N–H and O–H groups in total. The van der Waals surface area contributed by atoms with Crippen molar-refractivity contribution in [3.05, 3.63) is 107 Å². The first kappa shape index (κ1) is 24.8. The molecule has 9 nitrogen and oxygen atoms in total. The first-order valence-electron chi connectivity index (χ1n) is 12.0. The Balaban J connectivity index is 1.33. The summed E-state index contributed by atoms with van der Waals surface area (Å²) in [6.07, 6.45) is 1.65. The minimum Gasteiger partial charge on any atom is -0.491 e. The topological polar surface area (TPSA) is 108 Å². The van der Waals surface area contributed by atoms with Gasteiger partial charge in [0.25, 0.3) is 11.5 Å².